The molecule has 0 aliphatic carbocycles. The quantitative estimate of drug-likeness (QED) is 0.185. The van der Waals surface area contributed by atoms with E-state index in [4.69, 9.17) is 9.97 Å². The smallest absolute Gasteiger partial charge is 0.145 e. The van der Waals surface area contributed by atoms with Crippen molar-refractivity contribution in [2.45, 2.75) is 0 Å². The minimum Gasteiger partial charge on any atom is -0.294 e. The SMILES string of the molecule is c1ccc(-c2ccc(-c3nc(-c4ccccc4)c4c5ccc6c(c7ccccc7n6-c6ccccn6)c5c5ccccc5n34)cc2)cc1. The van der Waals surface area contributed by atoms with Gasteiger partial charge in [-0.15, -0.1) is 0 Å². The fraction of sp³-hybridized carbons (Fsp3) is 0. The van der Waals surface area contributed by atoms with Gasteiger partial charge < -0.3 is 0 Å². The van der Waals surface area contributed by atoms with Crippen molar-refractivity contribution >= 4 is 49.0 Å². The molecular weight excluding hydrogens is 585 g/mol. The molecule has 0 atom stereocenters. The van der Waals surface area contributed by atoms with Crippen LogP contribution in [-0.2, 0) is 0 Å². The van der Waals surface area contributed by atoms with E-state index in [9.17, 15) is 0 Å². The van der Waals surface area contributed by atoms with Gasteiger partial charge in [-0.1, -0.05) is 133 Å². The molecule has 0 unspecified atom stereocenters. The van der Waals surface area contributed by atoms with Crippen LogP contribution in [0.5, 0.6) is 0 Å². The molecule has 0 fully saturated rings. The summed E-state index contributed by atoms with van der Waals surface area (Å²) >= 11 is 0. The van der Waals surface area contributed by atoms with Gasteiger partial charge in [-0.2, -0.15) is 0 Å². The van der Waals surface area contributed by atoms with E-state index in [2.05, 4.69) is 167 Å². The van der Waals surface area contributed by atoms with Gasteiger partial charge >= 0.3 is 0 Å². The molecule has 4 aromatic heterocycles. The molecular formula is C44H28N4. The standard InChI is InChI=1S/C44H28N4/c1-3-13-29(14-4-1)30-22-24-32(25-23-30)44-46-42(31-15-5-2-6-16-31)43-35-26-27-38-41(40(35)33-17-7-10-20-37(33)48(43)44)34-18-8-9-19-36(34)47(38)39-21-11-12-28-45-39/h1-28H. The van der Waals surface area contributed by atoms with E-state index in [0.717, 1.165) is 50.5 Å². The Kier molecular flexibility index (Phi) is 5.84. The van der Waals surface area contributed by atoms with Crippen LogP contribution >= 0.6 is 0 Å². The predicted octanol–water partition coefficient (Wildman–Crippen LogP) is 11.1. The van der Waals surface area contributed by atoms with Gasteiger partial charge in [-0.3, -0.25) is 8.97 Å². The molecule has 0 saturated carbocycles. The van der Waals surface area contributed by atoms with Crippen LogP contribution in [0.25, 0.3) is 88.6 Å². The second-order valence-corrected chi connectivity index (χ2v) is 12.2. The summed E-state index contributed by atoms with van der Waals surface area (Å²) < 4.78 is 4.67. The van der Waals surface area contributed by atoms with E-state index in [1.54, 1.807) is 0 Å². The fourth-order valence-corrected chi connectivity index (χ4v) is 7.49. The Morgan fingerprint density at radius 1 is 0.396 bits per heavy atom. The third-order valence-corrected chi connectivity index (χ3v) is 9.56. The maximum atomic E-state index is 5.48. The molecule has 0 spiro atoms. The second kappa shape index (κ2) is 10.5. The van der Waals surface area contributed by atoms with E-state index in [1.807, 2.05) is 12.3 Å². The summed E-state index contributed by atoms with van der Waals surface area (Å²) in [7, 11) is 0. The van der Waals surface area contributed by atoms with E-state index >= 15 is 0 Å². The summed E-state index contributed by atoms with van der Waals surface area (Å²) in [5.74, 6) is 1.83. The van der Waals surface area contributed by atoms with Crippen LogP contribution in [-0.4, -0.2) is 18.9 Å². The number of rotatable bonds is 4. The first-order chi connectivity index (χ1) is 23.8. The molecule has 4 heteroatoms. The normalized spacial score (nSPS) is 11.8. The van der Waals surface area contributed by atoms with Gasteiger partial charge in [0.15, 0.2) is 0 Å². The number of imidazole rings is 1. The van der Waals surface area contributed by atoms with Crippen LogP contribution in [0.15, 0.2) is 170 Å². The molecule has 0 aliphatic heterocycles. The number of pyridine rings is 2. The van der Waals surface area contributed by atoms with Gasteiger partial charge in [0.2, 0.25) is 0 Å². The van der Waals surface area contributed by atoms with Gasteiger partial charge in [-0.25, -0.2) is 9.97 Å². The van der Waals surface area contributed by atoms with E-state index in [0.29, 0.717) is 0 Å². The molecule has 0 aliphatic rings. The monoisotopic (exact) mass is 612 g/mol. The van der Waals surface area contributed by atoms with E-state index in [1.165, 1.54) is 38.1 Å². The van der Waals surface area contributed by atoms with E-state index in [-0.39, 0.29) is 0 Å². The van der Waals surface area contributed by atoms with E-state index < -0.39 is 0 Å². The van der Waals surface area contributed by atoms with Crippen molar-refractivity contribution < 1.29 is 0 Å². The molecule has 48 heavy (non-hydrogen) atoms. The molecule has 0 radical (unpaired) electrons. The summed E-state index contributed by atoms with van der Waals surface area (Å²) in [5.41, 5.74) is 10.0. The van der Waals surface area contributed by atoms with Gasteiger partial charge in [0, 0.05) is 44.3 Å². The van der Waals surface area contributed by atoms with Crippen LogP contribution in [0, 0.1) is 0 Å². The Hall–Kier alpha value is -6.52. The van der Waals surface area contributed by atoms with Crippen molar-refractivity contribution in [3.8, 4) is 39.6 Å². The minimum atomic E-state index is 0.906. The first-order valence-corrected chi connectivity index (χ1v) is 16.3. The molecule has 0 N–H and O–H groups in total. The van der Waals surface area contributed by atoms with Crippen molar-refractivity contribution in [1.82, 2.24) is 18.9 Å². The minimum absolute atomic E-state index is 0.906. The van der Waals surface area contributed by atoms with Gasteiger partial charge in [0.25, 0.3) is 0 Å². The fourth-order valence-electron chi connectivity index (χ4n) is 7.49. The highest BCUT2D eigenvalue weighted by molar-refractivity contribution is 6.31. The lowest BCUT2D eigenvalue weighted by atomic mass is 9.97. The number of benzene rings is 6. The van der Waals surface area contributed by atoms with Crippen molar-refractivity contribution in [3.05, 3.63) is 170 Å². The molecule has 4 nitrogen and oxygen atoms in total. The average molecular weight is 613 g/mol. The van der Waals surface area contributed by atoms with Crippen LogP contribution in [0.3, 0.4) is 0 Å². The summed E-state index contributed by atoms with van der Waals surface area (Å²) in [6.07, 6.45) is 1.86. The number of aromatic nitrogens is 4. The Labute approximate surface area is 276 Å². The summed E-state index contributed by atoms with van der Waals surface area (Å²) in [4.78, 5) is 10.3. The number of hydrogen-bond donors (Lipinski definition) is 0. The lowest BCUT2D eigenvalue weighted by Gasteiger charge is -2.14. The maximum Gasteiger partial charge on any atom is 0.145 e. The van der Waals surface area contributed by atoms with Crippen molar-refractivity contribution in [1.29, 1.82) is 0 Å². The van der Waals surface area contributed by atoms with Crippen molar-refractivity contribution in [2.24, 2.45) is 0 Å². The van der Waals surface area contributed by atoms with Crippen molar-refractivity contribution in [2.75, 3.05) is 0 Å². The second-order valence-electron chi connectivity index (χ2n) is 12.2. The molecule has 0 saturated heterocycles. The molecule has 10 aromatic rings. The average Bonchev–Trinajstić information content (AvgIpc) is 3.73. The van der Waals surface area contributed by atoms with Crippen LogP contribution in [0.4, 0.5) is 0 Å². The molecule has 10 rings (SSSR count). The highest BCUT2D eigenvalue weighted by atomic mass is 15.1. The number of fused-ring (bicyclic) bond motifs is 10. The zero-order valence-electron chi connectivity index (χ0n) is 26.0. The topological polar surface area (TPSA) is 35.1 Å². The Balaban J connectivity index is 1.36. The highest BCUT2D eigenvalue weighted by Gasteiger charge is 2.23. The number of nitrogens with zero attached hydrogens (tertiary/aromatic N) is 4. The third-order valence-electron chi connectivity index (χ3n) is 9.56. The summed E-state index contributed by atoms with van der Waals surface area (Å²) in [6.45, 7) is 0. The number of para-hydroxylation sites is 2. The van der Waals surface area contributed by atoms with Crippen LogP contribution in [0.1, 0.15) is 0 Å². The summed E-state index contributed by atoms with van der Waals surface area (Å²) in [5, 5.41) is 6.01. The molecule has 224 valence electrons. The molecule has 0 bridgehead atoms. The van der Waals surface area contributed by atoms with Gasteiger partial charge in [0.1, 0.15) is 11.6 Å². The highest BCUT2D eigenvalue weighted by Crippen LogP contribution is 2.44. The molecule has 6 aromatic carbocycles. The maximum absolute atomic E-state index is 5.48. The first kappa shape index (κ1) is 26.7. The molecule has 0 amide bonds. The lowest BCUT2D eigenvalue weighted by Crippen LogP contribution is -1.97. The Morgan fingerprint density at radius 2 is 1.00 bits per heavy atom. The zero-order chi connectivity index (χ0) is 31.6. The van der Waals surface area contributed by atoms with Gasteiger partial charge in [-0.05, 0) is 41.5 Å². The Morgan fingerprint density at radius 3 is 1.73 bits per heavy atom. The largest absolute Gasteiger partial charge is 0.294 e. The van der Waals surface area contributed by atoms with Crippen LogP contribution in [0.2, 0.25) is 0 Å². The predicted molar refractivity (Wildman–Crippen MR) is 199 cm³/mol. The molecule has 4 heterocycles. The van der Waals surface area contributed by atoms with Gasteiger partial charge in [0.05, 0.1) is 27.8 Å². The lowest BCUT2D eigenvalue weighted by molar-refractivity contribution is 1.08. The zero-order valence-corrected chi connectivity index (χ0v) is 26.0. The summed E-state index contributed by atoms with van der Waals surface area (Å²) in [6, 6.07) is 58.0. The third kappa shape index (κ3) is 3.90. The Bertz CT molecular complexity index is 2800. The first-order valence-electron chi connectivity index (χ1n) is 16.3. The van der Waals surface area contributed by atoms with Crippen LogP contribution < -0.4 is 0 Å². The van der Waals surface area contributed by atoms with Crippen molar-refractivity contribution in [3.63, 3.8) is 0 Å². The number of hydrogen-bond acceptors (Lipinski definition) is 2.